The van der Waals surface area contributed by atoms with E-state index in [2.05, 4.69) is 225 Å². The molecule has 1 aliphatic rings. The zero-order valence-corrected chi connectivity index (χ0v) is 35.5. The molecule has 0 saturated carbocycles. The quantitative estimate of drug-likeness (QED) is 0.160. The zero-order valence-electron chi connectivity index (χ0n) is 34.7. The third kappa shape index (κ3) is 6.31. The summed E-state index contributed by atoms with van der Waals surface area (Å²) in [6.07, 6.45) is 0. The molecule has 0 radical (unpaired) electrons. The maximum atomic E-state index is 5.45. The summed E-state index contributed by atoms with van der Waals surface area (Å²) in [6.45, 7) is 2.38. The lowest BCUT2D eigenvalue weighted by Crippen LogP contribution is -2.23. The number of fused-ring (bicyclic) bond motifs is 6. The first-order valence-electron chi connectivity index (χ1n) is 21.6. The summed E-state index contributed by atoms with van der Waals surface area (Å²) in [5, 5.41) is 2.57. The predicted octanol–water partition coefficient (Wildman–Crippen LogP) is 16.2. The highest BCUT2D eigenvalue weighted by Crippen LogP contribution is 2.55. The minimum Gasteiger partial charge on any atom is -0.228 e. The Morgan fingerprint density at radius 2 is 0.889 bits per heavy atom. The molecule has 296 valence electrons. The van der Waals surface area contributed by atoms with Gasteiger partial charge in [0.05, 0.1) is 11.4 Å². The van der Waals surface area contributed by atoms with Gasteiger partial charge in [0.25, 0.3) is 0 Å². The fourth-order valence-corrected chi connectivity index (χ4v) is 10.9. The molecule has 2 aromatic heterocycles. The number of nitrogens with zero attached hydrogens (tertiary/aromatic N) is 2. The van der Waals surface area contributed by atoms with E-state index in [4.69, 9.17) is 9.97 Å². The van der Waals surface area contributed by atoms with Crippen LogP contribution in [0.25, 0.3) is 98.6 Å². The van der Waals surface area contributed by atoms with E-state index in [0.717, 1.165) is 44.8 Å². The minimum atomic E-state index is -0.400. The highest BCUT2D eigenvalue weighted by Gasteiger charge is 2.42. The van der Waals surface area contributed by atoms with Crippen molar-refractivity contribution in [1.29, 1.82) is 0 Å². The van der Waals surface area contributed by atoms with Gasteiger partial charge in [0.15, 0.2) is 5.82 Å². The van der Waals surface area contributed by atoms with Crippen molar-refractivity contribution in [3.8, 4) is 78.4 Å². The van der Waals surface area contributed by atoms with E-state index in [9.17, 15) is 0 Å². The molecule has 0 saturated heterocycles. The van der Waals surface area contributed by atoms with E-state index in [-0.39, 0.29) is 0 Å². The topological polar surface area (TPSA) is 25.8 Å². The molecule has 0 fully saturated rings. The minimum absolute atomic E-state index is 0.400. The normalized spacial score (nSPS) is 14.2. The van der Waals surface area contributed by atoms with Crippen LogP contribution in [0.4, 0.5) is 0 Å². The summed E-state index contributed by atoms with van der Waals surface area (Å²) in [6, 6.07) is 81.3. The fraction of sp³-hybridized carbons (Fsp3) is 0.0333. The van der Waals surface area contributed by atoms with Crippen molar-refractivity contribution in [2.45, 2.75) is 12.3 Å². The van der Waals surface area contributed by atoms with E-state index in [1.165, 1.54) is 64.7 Å². The molecule has 12 rings (SSSR count). The molecule has 1 unspecified atom stereocenters. The van der Waals surface area contributed by atoms with E-state index in [0.29, 0.717) is 5.82 Å². The SMILES string of the molecule is CC1(c2ccccc2)c2ccccc2-c2cccc(-c3cc(-c4cc(-c5cccc(-c6ccccc6)c5)cc(-c5ccc6sc7ccccc7c6c5)c4)nc(-c4ccccc4)n3)c21. The molecule has 0 spiro atoms. The fourth-order valence-electron chi connectivity index (χ4n) is 9.86. The summed E-state index contributed by atoms with van der Waals surface area (Å²) in [4.78, 5) is 10.9. The standard InChI is InChI=1S/C60H40N2S/c1-60(47-23-9-4-10-24-47)53-29-13-11-25-48(53)50-27-16-28-51(58(50)60)55-38-54(61-59(62-55)40-19-7-3-8-20-40)46-35-44(42-22-15-21-41(33-42)39-17-5-2-6-18-39)34-45(36-46)43-31-32-57-52(37-43)49-26-12-14-30-56(49)63-57/h2-38H,1H3. The van der Waals surface area contributed by atoms with Gasteiger partial charge in [-0.1, -0.05) is 176 Å². The van der Waals surface area contributed by atoms with E-state index in [1.807, 2.05) is 17.4 Å². The Morgan fingerprint density at radius 1 is 0.349 bits per heavy atom. The van der Waals surface area contributed by atoms with Crippen molar-refractivity contribution < 1.29 is 0 Å². The molecular weight excluding hydrogens is 781 g/mol. The van der Waals surface area contributed by atoms with Gasteiger partial charge in [-0.25, -0.2) is 9.97 Å². The Kier molecular flexibility index (Phi) is 8.84. The van der Waals surface area contributed by atoms with Crippen molar-refractivity contribution in [1.82, 2.24) is 9.97 Å². The van der Waals surface area contributed by atoms with Crippen LogP contribution < -0.4 is 0 Å². The van der Waals surface area contributed by atoms with Crippen LogP contribution in [0.15, 0.2) is 224 Å². The smallest absolute Gasteiger partial charge is 0.160 e. The van der Waals surface area contributed by atoms with Gasteiger partial charge in [-0.3, -0.25) is 0 Å². The molecule has 0 aliphatic heterocycles. The first-order chi connectivity index (χ1) is 31.1. The number of aromatic nitrogens is 2. The first-order valence-corrected chi connectivity index (χ1v) is 22.4. The average Bonchev–Trinajstić information content (AvgIpc) is 3.87. The summed E-state index contributed by atoms with van der Waals surface area (Å²) in [5.41, 5.74) is 17.8. The maximum absolute atomic E-state index is 5.45. The van der Waals surface area contributed by atoms with Crippen LogP contribution in [0.2, 0.25) is 0 Å². The van der Waals surface area contributed by atoms with Crippen LogP contribution in [-0.2, 0) is 5.41 Å². The van der Waals surface area contributed by atoms with Crippen LogP contribution >= 0.6 is 11.3 Å². The second-order valence-electron chi connectivity index (χ2n) is 16.6. The van der Waals surface area contributed by atoms with Gasteiger partial charge in [-0.05, 0) is 117 Å². The van der Waals surface area contributed by atoms with Gasteiger partial charge >= 0.3 is 0 Å². The van der Waals surface area contributed by atoms with Crippen LogP contribution in [0.1, 0.15) is 23.6 Å². The summed E-state index contributed by atoms with van der Waals surface area (Å²) in [5.74, 6) is 0.696. The molecule has 1 aliphatic carbocycles. The molecule has 2 nitrogen and oxygen atoms in total. The number of thiophene rings is 1. The average molecular weight is 821 g/mol. The van der Waals surface area contributed by atoms with E-state index >= 15 is 0 Å². The van der Waals surface area contributed by atoms with Gasteiger partial charge in [0.2, 0.25) is 0 Å². The monoisotopic (exact) mass is 820 g/mol. The van der Waals surface area contributed by atoms with E-state index in [1.54, 1.807) is 0 Å². The zero-order chi connectivity index (χ0) is 41.9. The Bertz CT molecular complexity index is 3520. The first kappa shape index (κ1) is 37.1. The molecule has 11 aromatic rings. The maximum Gasteiger partial charge on any atom is 0.160 e. The molecule has 63 heavy (non-hydrogen) atoms. The Labute approximate surface area is 371 Å². The number of hydrogen-bond donors (Lipinski definition) is 0. The van der Waals surface area contributed by atoms with Crippen molar-refractivity contribution in [2.24, 2.45) is 0 Å². The predicted molar refractivity (Wildman–Crippen MR) is 265 cm³/mol. The third-order valence-corrected chi connectivity index (χ3v) is 14.1. The van der Waals surface area contributed by atoms with Crippen LogP contribution in [0.3, 0.4) is 0 Å². The number of hydrogen-bond acceptors (Lipinski definition) is 3. The van der Waals surface area contributed by atoms with Gasteiger partial charge in [0, 0.05) is 42.3 Å². The molecule has 0 amide bonds. The van der Waals surface area contributed by atoms with Gasteiger partial charge in [0.1, 0.15) is 0 Å². The molecule has 0 bridgehead atoms. The lowest BCUT2D eigenvalue weighted by atomic mass is 9.72. The van der Waals surface area contributed by atoms with Crippen LogP contribution in [-0.4, -0.2) is 9.97 Å². The Hall–Kier alpha value is -7.72. The molecule has 1 atom stereocenters. The third-order valence-electron chi connectivity index (χ3n) is 12.9. The van der Waals surface area contributed by atoms with Crippen LogP contribution in [0.5, 0.6) is 0 Å². The van der Waals surface area contributed by atoms with Crippen molar-refractivity contribution in [2.75, 3.05) is 0 Å². The lowest BCUT2D eigenvalue weighted by Gasteiger charge is -2.30. The molecule has 3 heteroatoms. The number of rotatable bonds is 7. The lowest BCUT2D eigenvalue weighted by molar-refractivity contribution is 0.715. The summed E-state index contributed by atoms with van der Waals surface area (Å²) in [7, 11) is 0. The Balaban J connectivity index is 1.10. The summed E-state index contributed by atoms with van der Waals surface area (Å²) >= 11 is 1.85. The highest BCUT2D eigenvalue weighted by molar-refractivity contribution is 7.25. The highest BCUT2D eigenvalue weighted by atomic mass is 32.1. The van der Waals surface area contributed by atoms with Crippen LogP contribution in [0, 0.1) is 0 Å². The molecule has 0 N–H and O–H groups in total. The second-order valence-corrected chi connectivity index (χ2v) is 17.7. The van der Waals surface area contributed by atoms with Crippen molar-refractivity contribution >= 4 is 31.5 Å². The Morgan fingerprint density at radius 3 is 1.68 bits per heavy atom. The second kappa shape index (κ2) is 15.0. The van der Waals surface area contributed by atoms with Gasteiger partial charge in [-0.15, -0.1) is 11.3 Å². The van der Waals surface area contributed by atoms with Gasteiger partial charge in [-0.2, -0.15) is 0 Å². The number of benzene rings is 9. The largest absolute Gasteiger partial charge is 0.228 e. The molecule has 9 aromatic carbocycles. The van der Waals surface area contributed by atoms with Crippen molar-refractivity contribution in [3.63, 3.8) is 0 Å². The van der Waals surface area contributed by atoms with Gasteiger partial charge < -0.3 is 0 Å². The molecular formula is C60H40N2S. The summed E-state index contributed by atoms with van der Waals surface area (Å²) < 4.78 is 2.59. The van der Waals surface area contributed by atoms with E-state index < -0.39 is 5.41 Å². The molecule has 2 heterocycles. The van der Waals surface area contributed by atoms with Crippen molar-refractivity contribution in [3.05, 3.63) is 241 Å².